The smallest absolute Gasteiger partial charge is 0.215 e. The van der Waals surface area contributed by atoms with Crippen molar-refractivity contribution in [2.75, 3.05) is 24.8 Å². The average Bonchev–Trinajstić information content (AvgIpc) is 2.39. The molecular formula is C14H23N3O. The minimum atomic E-state index is 0.528. The van der Waals surface area contributed by atoms with Crippen molar-refractivity contribution in [1.29, 1.82) is 0 Å². The first kappa shape index (κ1) is 13.0. The predicted octanol–water partition coefficient (Wildman–Crippen LogP) is 2.69. The van der Waals surface area contributed by atoms with Crippen molar-refractivity contribution in [1.82, 2.24) is 4.98 Å². The summed E-state index contributed by atoms with van der Waals surface area (Å²) in [4.78, 5) is 6.70. The Morgan fingerprint density at radius 2 is 2.06 bits per heavy atom. The highest BCUT2D eigenvalue weighted by Gasteiger charge is 2.26. The summed E-state index contributed by atoms with van der Waals surface area (Å²) >= 11 is 0. The molecule has 0 amide bonds. The lowest BCUT2D eigenvalue weighted by atomic mass is 9.85. The third-order valence-corrected chi connectivity index (χ3v) is 3.99. The molecule has 2 unspecified atom stereocenters. The summed E-state index contributed by atoms with van der Waals surface area (Å²) in [6.07, 6.45) is 5.14. The molecule has 1 fully saturated rings. The van der Waals surface area contributed by atoms with E-state index in [9.17, 15) is 0 Å². The van der Waals surface area contributed by atoms with E-state index < -0.39 is 0 Å². The number of aromatic nitrogens is 1. The van der Waals surface area contributed by atoms with Gasteiger partial charge in [-0.15, -0.1) is 0 Å². The fourth-order valence-corrected chi connectivity index (χ4v) is 2.87. The molecule has 1 heterocycles. The molecule has 2 N–H and O–H groups in total. The minimum Gasteiger partial charge on any atom is -0.481 e. The number of nitrogens with two attached hydrogens (primary N) is 1. The number of nitrogens with zero attached hydrogens (tertiary/aromatic N) is 2. The average molecular weight is 249 g/mol. The molecule has 1 aromatic heterocycles. The van der Waals surface area contributed by atoms with Crippen LogP contribution in [0.3, 0.4) is 0 Å². The summed E-state index contributed by atoms with van der Waals surface area (Å²) in [7, 11) is 3.72. The van der Waals surface area contributed by atoms with E-state index in [1.165, 1.54) is 25.7 Å². The number of hydrogen-bond donors (Lipinski definition) is 1. The van der Waals surface area contributed by atoms with Gasteiger partial charge in [0.05, 0.1) is 12.8 Å². The summed E-state index contributed by atoms with van der Waals surface area (Å²) < 4.78 is 5.18. The van der Waals surface area contributed by atoms with Crippen LogP contribution in [0.15, 0.2) is 12.1 Å². The molecule has 0 saturated heterocycles. The van der Waals surface area contributed by atoms with Crippen molar-refractivity contribution >= 4 is 11.5 Å². The second-order valence-corrected chi connectivity index (χ2v) is 5.21. The van der Waals surface area contributed by atoms with Crippen LogP contribution in [0.25, 0.3) is 0 Å². The van der Waals surface area contributed by atoms with Crippen LogP contribution in [0.1, 0.15) is 32.6 Å². The molecule has 1 aromatic rings. The van der Waals surface area contributed by atoms with E-state index >= 15 is 0 Å². The normalized spacial score (nSPS) is 23.7. The van der Waals surface area contributed by atoms with E-state index in [1.54, 1.807) is 13.2 Å². The van der Waals surface area contributed by atoms with Crippen molar-refractivity contribution in [2.45, 2.75) is 38.6 Å². The Morgan fingerprint density at radius 1 is 1.33 bits per heavy atom. The predicted molar refractivity (Wildman–Crippen MR) is 75.0 cm³/mol. The van der Waals surface area contributed by atoms with Gasteiger partial charge in [-0.3, -0.25) is 0 Å². The highest BCUT2D eigenvalue weighted by molar-refractivity contribution is 5.63. The molecule has 0 bridgehead atoms. The molecule has 18 heavy (non-hydrogen) atoms. The molecular weight excluding hydrogens is 226 g/mol. The molecule has 1 aliphatic carbocycles. The van der Waals surface area contributed by atoms with Crippen molar-refractivity contribution in [3.05, 3.63) is 12.1 Å². The summed E-state index contributed by atoms with van der Waals surface area (Å²) in [6.45, 7) is 2.32. The van der Waals surface area contributed by atoms with Gasteiger partial charge in [0.25, 0.3) is 0 Å². The van der Waals surface area contributed by atoms with Gasteiger partial charge in [-0.2, -0.15) is 4.98 Å². The first-order valence-corrected chi connectivity index (χ1v) is 6.67. The minimum absolute atomic E-state index is 0.528. The summed E-state index contributed by atoms with van der Waals surface area (Å²) in [5.74, 6) is 2.15. The van der Waals surface area contributed by atoms with Gasteiger partial charge < -0.3 is 15.4 Å². The number of methoxy groups -OCH3 is 1. The zero-order valence-corrected chi connectivity index (χ0v) is 11.5. The third-order valence-electron chi connectivity index (χ3n) is 3.99. The zero-order chi connectivity index (χ0) is 13.1. The lowest BCUT2D eigenvalue weighted by Crippen LogP contribution is -2.39. The van der Waals surface area contributed by atoms with Gasteiger partial charge in [-0.25, -0.2) is 0 Å². The molecule has 1 aliphatic rings. The van der Waals surface area contributed by atoms with E-state index in [0.29, 0.717) is 17.8 Å². The molecule has 0 aliphatic heterocycles. The van der Waals surface area contributed by atoms with Crippen LogP contribution < -0.4 is 15.4 Å². The van der Waals surface area contributed by atoms with Gasteiger partial charge in [-0.05, 0) is 24.8 Å². The lowest BCUT2D eigenvalue weighted by Gasteiger charge is -2.37. The maximum absolute atomic E-state index is 6.04. The van der Waals surface area contributed by atoms with Gasteiger partial charge in [0.2, 0.25) is 5.88 Å². The maximum Gasteiger partial charge on any atom is 0.215 e. The Hall–Kier alpha value is -1.45. The number of anilines is 2. The topological polar surface area (TPSA) is 51.4 Å². The molecule has 4 heteroatoms. The molecule has 100 valence electrons. The molecule has 4 nitrogen and oxygen atoms in total. The van der Waals surface area contributed by atoms with Crippen molar-refractivity contribution in [3.8, 4) is 5.88 Å². The van der Waals surface area contributed by atoms with Crippen molar-refractivity contribution < 1.29 is 4.74 Å². The van der Waals surface area contributed by atoms with Crippen LogP contribution >= 0.6 is 0 Å². The first-order valence-electron chi connectivity index (χ1n) is 6.67. The van der Waals surface area contributed by atoms with Gasteiger partial charge in [0, 0.05) is 19.2 Å². The summed E-state index contributed by atoms with van der Waals surface area (Å²) in [5, 5.41) is 0. The number of ether oxygens (including phenoxy) is 1. The number of hydrogen-bond acceptors (Lipinski definition) is 4. The zero-order valence-electron chi connectivity index (χ0n) is 11.5. The summed E-state index contributed by atoms with van der Waals surface area (Å²) in [6, 6.07) is 4.20. The monoisotopic (exact) mass is 249 g/mol. The van der Waals surface area contributed by atoms with Crippen LogP contribution in [0.2, 0.25) is 0 Å². The van der Waals surface area contributed by atoms with E-state index in [0.717, 1.165) is 11.5 Å². The van der Waals surface area contributed by atoms with E-state index in [-0.39, 0.29) is 0 Å². The largest absolute Gasteiger partial charge is 0.481 e. The third kappa shape index (κ3) is 2.52. The highest BCUT2D eigenvalue weighted by Crippen LogP contribution is 2.32. The Labute approximate surface area is 109 Å². The second kappa shape index (κ2) is 5.46. The van der Waals surface area contributed by atoms with Crippen LogP contribution in [0.4, 0.5) is 11.5 Å². The second-order valence-electron chi connectivity index (χ2n) is 5.21. The number of rotatable bonds is 3. The van der Waals surface area contributed by atoms with Crippen molar-refractivity contribution in [2.24, 2.45) is 5.92 Å². The summed E-state index contributed by atoms with van der Waals surface area (Å²) in [5.41, 5.74) is 6.76. The lowest BCUT2D eigenvalue weighted by molar-refractivity contribution is 0.320. The van der Waals surface area contributed by atoms with Crippen molar-refractivity contribution in [3.63, 3.8) is 0 Å². The Morgan fingerprint density at radius 3 is 2.72 bits per heavy atom. The van der Waals surface area contributed by atoms with Crippen LogP contribution in [0, 0.1) is 5.92 Å². The fraction of sp³-hybridized carbons (Fsp3) is 0.643. The fourth-order valence-electron chi connectivity index (χ4n) is 2.87. The molecule has 2 rings (SSSR count). The van der Waals surface area contributed by atoms with E-state index in [4.69, 9.17) is 10.5 Å². The van der Waals surface area contributed by atoms with Crippen LogP contribution in [0.5, 0.6) is 5.88 Å². The van der Waals surface area contributed by atoms with Gasteiger partial charge >= 0.3 is 0 Å². The standard InChI is InChI=1S/C14H23N3O/c1-10-6-4-5-7-12(10)17(2)14-11(15)8-9-13(16-14)18-3/h8-10,12H,4-7,15H2,1-3H3. The molecule has 1 saturated carbocycles. The van der Waals surface area contributed by atoms with Gasteiger partial charge in [-0.1, -0.05) is 19.8 Å². The molecule has 0 radical (unpaired) electrons. The molecule has 0 aromatic carbocycles. The number of nitrogen functional groups attached to an aromatic ring is 1. The maximum atomic E-state index is 6.04. The SMILES string of the molecule is COc1ccc(N)c(N(C)C2CCCCC2C)n1. The molecule has 2 atom stereocenters. The van der Waals surface area contributed by atoms with Crippen LogP contribution in [-0.2, 0) is 0 Å². The van der Waals surface area contributed by atoms with Crippen LogP contribution in [-0.4, -0.2) is 25.2 Å². The highest BCUT2D eigenvalue weighted by atomic mass is 16.5. The number of pyridine rings is 1. The van der Waals surface area contributed by atoms with E-state index in [1.807, 2.05) is 6.07 Å². The Balaban J connectivity index is 2.23. The van der Waals surface area contributed by atoms with Gasteiger partial charge in [0.15, 0.2) is 5.82 Å². The Bertz CT molecular complexity index is 408. The Kier molecular flexibility index (Phi) is 3.94. The molecule has 0 spiro atoms. The first-order chi connectivity index (χ1) is 8.63. The van der Waals surface area contributed by atoms with Gasteiger partial charge in [0.1, 0.15) is 0 Å². The quantitative estimate of drug-likeness (QED) is 0.895. The van der Waals surface area contributed by atoms with E-state index in [2.05, 4.69) is 23.9 Å².